The molecule has 1 aliphatic rings. The van der Waals surface area contributed by atoms with Gasteiger partial charge < -0.3 is 5.11 Å². The van der Waals surface area contributed by atoms with E-state index in [9.17, 15) is 19.4 Å². The van der Waals surface area contributed by atoms with Crippen LogP contribution in [0, 0.1) is 5.92 Å². The van der Waals surface area contributed by atoms with Gasteiger partial charge in [0, 0.05) is 6.42 Å². The summed E-state index contributed by atoms with van der Waals surface area (Å²) in [4.78, 5) is 21.3. The minimum Gasteiger partial charge on any atom is -0.481 e. The second-order valence-corrected chi connectivity index (χ2v) is 7.10. The first-order valence-corrected chi connectivity index (χ1v) is 8.80. The number of hydrogen-bond acceptors (Lipinski definition) is 2. The SMILES string of the molecule is O=C(O)C(c1ccccc1)C(CC1CCCCC1)[P+](=O)O. The van der Waals surface area contributed by atoms with E-state index in [-0.39, 0.29) is 0 Å². The first-order chi connectivity index (χ1) is 10.1. The Balaban J connectivity index is 2.20. The van der Waals surface area contributed by atoms with Crippen LogP contribution in [0.3, 0.4) is 0 Å². The topological polar surface area (TPSA) is 74.6 Å². The molecule has 1 fully saturated rings. The smallest absolute Gasteiger partial charge is 0.481 e. The maximum Gasteiger partial charge on any atom is 0.509 e. The summed E-state index contributed by atoms with van der Waals surface area (Å²) in [6.45, 7) is 0. The molecule has 0 radical (unpaired) electrons. The Bertz CT molecular complexity index is 482. The Kier molecular flexibility index (Phi) is 5.89. The second-order valence-electron chi connectivity index (χ2n) is 5.84. The Morgan fingerprint density at radius 2 is 1.81 bits per heavy atom. The molecule has 2 rings (SSSR count). The molecule has 114 valence electrons. The first-order valence-electron chi connectivity index (χ1n) is 7.52. The van der Waals surface area contributed by atoms with Crippen molar-refractivity contribution in [2.75, 3.05) is 0 Å². The summed E-state index contributed by atoms with van der Waals surface area (Å²) in [6.07, 6.45) is 6.11. The lowest BCUT2D eigenvalue weighted by molar-refractivity contribution is -0.139. The minimum atomic E-state index is -2.52. The van der Waals surface area contributed by atoms with Gasteiger partial charge in [0.05, 0.1) is 0 Å². The van der Waals surface area contributed by atoms with Crippen LogP contribution in [-0.4, -0.2) is 21.6 Å². The largest absolute Gasteiger partial charge is 0.509 e. The van der Waals surface area contributed by atoms with Crippen LogP contribution in [0.15, 0.2) is 30.3 Å². The predicted octanol–water partition coefficient (Wildman–Crippen LogP) is 3.93. The van der Waals surface area contributed by atoms with Gasteiger partial charge in [-0.15, -0.1) is 0 Å². The lowest BCUT2D eigenvalue weighted by Crippen LogP contribution is -2.26. The highest BCUT2D eigenvalue weighted by molar-refractivity contribution is 7.39. The molecular weight excluding hydrogens is 287 g/mol. The minimum absolute atomic E-state index is 0.375. The van der Waals surface area contributed by atoms with Crippen LogP contribution in [0.1, 0.15) is 50.0 Å². The zero-order chi connectivity index (χ0) is 15.2. The second kappa shape index (κ2) is 7.67. The van der Waals surface area contributed by atoms with Crippen molar-refractivity contribution >= 4 is 14.0 Å². The fourth-order valence-corrected chi connectivity index (χ4v) is 4.34. The summed E-state index contributed by atoms with van der Waals surface area (Å²) in [5.74, 6) is -1.54. The molecule has 0 spiro atoms. The van der Waals surface area contributed by atoms with Crippen LogP contribution >= 0.6 is 8.03 Å². The van der Waals surface area contributed by atoms with Gasteiger partial charge in [0.2, 0.25) is 5.66 Å². The van der Waals surface area contributed by atoms with Gasteiger partial charge in [-0.3, -0.25) is 4.79 Å². The molecule has 1 aromatic rings. The average Bonchev–Trinajstić information content (AvgIpc) is 2.48. The Labute approximate surface area is 126 Å². The number of hydrogen-bond donors (Lipinski definition) is 2. The summed E-state index contributed by atoms with van der Waals surface area (Å²) in [7, 11) is -2.52. The molecule has 0 bridgehead atoms. The molecule has 0 amide bonds. The molecule has 2 N–H and O–H groups in total. The molecule has 0 aliphatic heterocycles. The van der Waals surface area contributed by atoms with E-state index < -0.39 is 25.6 Å². The molecule has 1 aliphatic carbocycles. The summed E-state index contributed by atoms with van der Waals surface area (Å²) < 4.78 is 11.8. The molecule has 0 aromatic heterocycles. The van der Waals surface area contributed by atoms with Crippen LogP contribution in [0.5, 0.6) is 0 Å². The number of carboxylic acid groups (broad SMARTS) is 1. The number of carboxylic acids is 1. The van der Waals surface area contributed by atoms with Crippen molar-refractivity contribution in [3.63, 3.8) is 0 Å². The van der Waals surface area contributed by atoms with Crippen LogP contribution in [0.4, 0.5) is 0 Å². The van der Waals surface area contributed by atoms with Crippen molar-refractivity contribution < 1.29 is 19.4 Å². The normalized spacial score (nSPS) is 19.8. The first kappa shape index (κ1) is 16.1. The fourth-order valence-electron chi connectivity index (χ4n) is 3.31. The molecule has 0 heterocycles. The van der Waals surface area contributed by atoms with Crippen LogP contribution in [0.25, 0.3) is 0 Å². The highest BCUT2D eigenvalue weighted by Gasteiger charge is 2.44. The monoisotopic (exact) mass is 309 g/mol. The molecule has 21 heavy (non-hydrogen) atoms. The maximum atomic E-state index is 11.8. The molecule has 3 atom stereocenters. The van der Waals surface area contributed by atoms with Crippen molar-refractivity contribution in [3.05, 3.63) is 35.9 Å². The third kappa shape index (κ3) is 4.36. The Morgan fingerprint density at radius 3 is 2.33 bits per heavy atom. The third-order valence-corrected chi connectivity index (χ3v) is 5.47. The maximum absolute atomic E-state index is 11.8. The van der Waals surface area contributed by atoms with Crippen molar-refractivity contribution in [3.8, 4) is 0 Å². The van der Waals surface area contributed by atoms with E-state index in [0.717, 1.165) is 25.7 Å². The molecule has 1 aromatic carbocycles. The molecule has 4 nitrogen and oxygen atoms in total. The van der Waals surface area contributed by atoms with E-state index >= 15 is 0 Å². The van der Waals surface area contributed by atoms with Gasteiger partial charge in [0.25, 0.3) is 0 Å². The van der Waals surface area contributed by atoms with Gasteiger partial charge >= 0.3 is 14.0 Å². The third-order valence-electron chi connectivity index (χ3n) is 4.39. The Morgan fingerprint density at radius 1 is 1.19 bits per heavy atom. The number of aliphatic carboxylic acids is 1. The van der Waals surface area contributed by atoms with Crippen LogP contribution in [-0.2, 0) is 9.36 Å². The quantitative estimate of drug-likeness (QED) is 0.781. The fraction of sp³-hybridized carbons (Fsp3) is 0.562. The van der Waals surface area contributed by atoms with E-state index in [1.807, 2.05) is 6.07 Å². The summed E-state index contributed by atoms with van der Waals surface area (Å²) in [5.41, 5.74) is -0.0915. The van der Waals surface area contributed by atoms with E-state index in [4.69, 9.17) is 0 Å². The Hall–Kier alpha value is -1.25. The van der Waals surface area contributed by atoms with Crippen LogP contribution < -0.4 is 0 Å². The summed E-state index contributed by atoms with van der Waals surface area (Å²) in [6, 6.07) is 8.81. The van der Waals surface area contributed by atoms with E-state index in [0.29, 0.717) is 17.9 Å². The van der Waals surface area contributed by atoms with Gasteiger partial charge in [0.15, 0.2) is 0 Å². The van der Waals surface area contributed by atoms with Gasteiger partial charge in [-0.1, -0.05) is 62.4 Å². The highest BCUT2D eigenvalue weighted by Crippen LogP contribution is 2.42. The summed E-state index contributed by atoms with van der Waals surface area (Å²) in [5, 5.41) is 9.54. The van der Waals surface area contributed by atoms with Gasteiger partial charge in [-0.25, -0.2) is 0 Å². The molecule has 0 saturated heterocycles. The lowest BCUT2D eigenvalue weighted by atomic mass is 9.82. The van der Waals surface area contributed by atoms with Crippen molar-refractivity contribution in [1.82, 2.24) is 0 Å². The van der Waals surface area contributed by atoms with Gasteiger partial charge in [0.1, 0.15) is 5.92 Å². The molecule has 3 unspecified atom stereocenters. The molecule has 1 saturated carbocycles. The highest BCUT2D eigenvalue weighted by atomic mass is 31.1. The van der Waals surface area contributed by atoms with Crippen molar-refractivity contribution in [2.24, 2.45) is 5.92 Å². The lowest BCUT2D eigenvalue weighted by Gasteiger charge is -2.24. The van der Waals surface area contributed by atoms with E-state index in [1.54, 1.807) is 24.3 Å². The number of benzene rings is 1. The number of carbonyl (C=O) groups is 1. The number of rotatable bonds is 6. The molecular formula is C16H22O4P+. The van der Waals surface area contributed by atoms with Gasteiger partial charge in [-0.2, -0.15) is 4.89 Å². The standard InChI is InChI=1S/C16H21O4P/c17-16(18)15(13-9-5-2-6-10-13)14(21(19)20)11-12-7-3-1-4-8-12/h2,5-6,9-10,12,14-15H,1,3-4,7-8,11H2,(H-,17,18,19,20)/p+1. The zero-order valence-electron chi connectivity index (χ0n) is 12.0. The van der Waals surface area contributed by atoms with E-state index in [1.165, 1.54) is 6.42 Å². The van der Waals surface area contributed by atoms with Crippen molar-refractivity contribution in [1.29, 1.82) is 0 Å². The van der Waals surface area contributed by atoms with Crippen LogP contribution in [0.2, 0.25) is 0 Å². The molecule has 5 heteroatoms. The zero-order valence-corrected chi connectivity index (χ0v) is 12.9. The van der Waals surface area contributed by atoms with E-state index in [2.05, 4.69) is 0 Å². The predicted molar refractivity (Wildman–Crippen MR) is 81.6 cm³/mol. The van der Waals surface area contributed by atoms with Gasteiger partial charge in [-0.05, 0) is 16.0 Å². The summed E-state index contributed by atoms with van der Waals surface area (Å²) >= 11 is 0. The van der Waals surface area contributed by atoms with Crippen molar-refractivity contribution in [2.45, 2.75) is 50.1 Å². The average molecular weight is 309 g/mol.